The molecule has 4 unspecified atom stereocenters. The van der Waals surface area contributed by atoms with Gasteiger partial charge in [0, 0.05) is 22.5 Å². The second-order valence-electron chi connectivity index (χ2n) is 9.36. The van der Waals surface area contributed by atoms with E-state index in [0.717, 1.165) is 5.70 Å². The highest BCUT2D eigenvalue weighted by atomic mass is 16.5. The number of hydrogen-bond acceptors (Lipinski definition) is 7. The van der Waals surface area contributed by atoms with Crippen LogP contribution in [0, 0.1) is 11.8 Å². The zero-order valence-corrected chi connectivity index (χ0v) is 21.1. The largest absolute Gasteiger partial charge is 0.491 e. The minimum absolute atomic E-state index is 0.109. The van der Waals surface area contributed by atoms with Crippen LogP contribution in [0.5, 0.6) is 5.75 Å². The fourth-order valence-corrected chi connectivity index (χ4v) is 4.67. The fourth-order valence-electron chi connectivity index (χ4n) is 4.67. The fraction of sp³-hybridized carbons (Fsp3) is 0.519. The first kappa shape index (κ1) is 25.5. The minimum Gasteiger partial charge on any atom is -0.491 e. The van der Waals surface area contributed by atoms with Crippen LogP contribution < -0.4 is 10.1 Å². The number of ketones is 1. The molecule has 0 radical (unpaired) electrons. The summed E-state index contributed by atoms with van der Waals surface area (Å²) in [6.07, 6.45) is 0.755. The van der Waals surface area contributed by atoms with Gasteiger partial charge < -0.3 is 19.5 Å². The van der Waals surface area contributed by atoms with Crippen LogP contribution in [0.1, 0.15) is 65.9 Å². The molecule has 184 valence electrons. The Hall–Kier alpha value is -3.09. The van der Waals surface area contributed by atoms with E-state index in [0.29, 0.717) is 41.0 Å². The molecular formula is C27H35NO6. The normalized spacial score (nSPS) is 23.3. The van der Waals surface area contributed by atoms with Crippen molar-refractivity contribution in [3.63, 3.8) is 0 Å². The number of esters is 2. The first-order chi connectivity index (χ1) is 16.1. The number of Topliss-reactive ketones (excluding diaryl/α,β-unsaturated/α-hetero) is 1. The predicted octanol–water partition coefficient (Wildman–Crippen LogP) is 4.43. The molecule has 0 saturated heterocycles. The Morgan fingerprint density at radius 1 is 1.18 bits per heavy atom. The van der Waals surface area contributed by atoms with Crippen molar-refractivity contribution in [2.75, 3.05) is 7.11 Å². The van der Waals surface area contributed by atoms with Crippen LogP contribution in [0.15, 0.2) is 46.8 Å². The summed E-state index contributed by atoms with van der Waals surface area (Å²) in [6, 6.07) is 7.40. The summed E-state index contributed by atoms with van der Waals surface area (Å²) >= 11 is 0. The summed E-state index contributed by atoms with van der Waals surface area (Å²) in [5, 5.41) is 3.28. The standard InChI is InChI=1S/C27H35NO6/c1-8-16(5)34-27(31)22-17(6)28-19-13-15(4)21(26(30)32-7)25(29)24(19)23(22)18-11-9-10-12-20(18)33-14(2)3/h9-12,14-16,21,23,28H,8,13H2,1-7H3. The lowest BCUT2D eigenvalue weighted by molar-refractivity contribution is -0.151. The average molecular weight is 470 g/mol. The molecule has 1 N–H and O–H groups in total. The maximum Gasteiger partial charge on any atom is 0.337 e. The summed E-state index contributed by atoms with van der Waals surface area (Å²) in [4.78, 5) is 39.8. The zero-order valence-electron chi connectivity index (χ0n) is 21.1. The third kappa shape index (κ3) is 4.88. The quantitative estimate of drug-likeness (QED) is 0.467. The number of carbonyl (C=O) groups is 3. The molecule has 1 aliphatic carbocycles. The van der Waals surface area contributed by atoms with E-state index in [1.807, 2.05) is 65.8 Å². The maximum atomic E-state index is 13.8. The Morgan fingerprint density at radius 2 is 1.85 bits per heavy atom. The van der Waals surface area contributed by atoms with E-state index in [-0.39, 0.29) is 23.9 Å². The van der Waals surface area contributed by atoms with Crippen molar-refractivity contribution >= 4 is 17.7 Å². The lowest BCUT2D eigenvalue weighted by Gasteiger charge is -2.38. The van der Waals surface area contributed by atoms with Crippen LogP contribution in [0.4, 0.5) is 0 Å². The molecule has 34 heavy (non-hydrogen) atoms. The molecule has 7 heteroatoms. The van der Waals surface area contributed by atoms with Gasteiger partial charge in [0.2, 0.25) is 0 Å². The van der Waals surface area contributed by atoms with E-state index >= 15 is 0 Å². The van der Waals surface area contributed by atoms with Crippen molar-refractivity contribution in [2.45, 2.75) is 72.5 Å². The Morgan fingerprint density at radius 3 is 2.47 bits per heavy atom. The van der Waals surface area contributed by atoms with Gasteiger partial charge in [-0.1, -0.05) is 32.0 Å². The molecule has 0 aromatic heterocycles. The summed E-state index contributed by atoms with van der Waals surface area (Å²) in [7, 11) is 1.29. The molecule has 0 spiro atoms. The number of nitrogens with one attached hydrogen (secondary N) is 1. The SMILES string of the molecule is CCC(C)OC(=O)C1=C(C)NC2=C(C(=O)C(C(=O)OC)C(C)C2)C1c1ccccc1OC(C)C. The van der Waals surface area contributed by atoms with Crippen molar-refractivity contribution in [3.8, 4) is 5.75 Å². The Balaban J connectivity index is 2.22. The number of para-hydroxylation sites is 1. The lowest BCUT2D eigenvalue weighted by atomic mass is 9.69. The van der Waals surface area contributed by atoms with Crippen molar-refractivity contribution in [3.05, 3.63) is 52.4 Å². The van der Waals surface area contributed by atoms with E-state index in [2.05, 4.69) is 5.32 Å². The molecule has 0 fully saturated rings. The van der Waals surface area contributed by atoms with Crippen LogP contribution in [0.25, 0.3) is 0 Å². The average Bonchev–Trinajstić information content (AvgIpc) is 2.77. The number of methoxy groups -OCH3 is 1. The van der Waals surface area contributed by atoms with E-state index in [4.69, 9.17) is 14.2 Å². The van der Waals surface area contributed by atoms with Gasteiger partial charge in [0.25, 0.3) is 0 Å². The predicted molar refractivity (Wildman–Crippen MR) is 128 cm³/mol. The Kier molecular flexibility index (Phi) is 7.85. The van der Waals surface area contributed by atoms with Gasteiger partial charge in [0.05, 0.1) is 30.8 Å². The zero-order chi connectivity index (χ0) is 25.2. The topological polar surface area (TPSA) is 90.9 Å². The molecule has 7 nitrogen and oxygen atoms in total. The van der Waals surface area contributed by atoms with Crippen molar-refractivity contribution in [1.82, 2.24) is 5.32 Å². The number of allylic oxidation sites excluding steroid dienone is 3. The molecule has 1 aromatic carbocycles. The van der Waals surface area contributed by atoms with Crippen LogP contribution in [0.3, 0.4) is 0 Å². The number of rotatable bonds is 7. The molecule has 0 amide bonds. The van der Waals surface area contributed by atoms with Crippen LogP contribution in [0.2, 0.25) is 0 Å². The summed E-state index contributed by atoms with van der Waals surface area (Å²) in [5.41, 5.74) is 2.79. The highest BCUT2D eigenvalue weighted by Crippen LogP contribution is 2.47. The van der Waals surface area contributed by atoms with Gasteiger partial charge in [-0.05, 0) is 52.5 Å². The third-order valence-corrected chi connectivity index (χ3v) is 6.44. The van der Waals surface area contributed by atoms with Crippen LogP contribution >= 0.6 is 0 Å². The maximum absolute atomic E-state index is 13.8. The second kappa shape index (κ2) is 10.5. The highest BCUT2D eigenvalue weighted by molar-refractivity contribution is 6.12. The monoisotopic (exact) mass is 469 g/mol. The van der Waals surface area contributed by atoms with E-state index in [9.17, 15) is 14.4 Å². The molecule has 0 saturated carbocycles. The van der Waals surface area contributed by atoms with Gasteiger partial charge in [-0.2, -0.15) is 0 Å². The number of carbonyl (C=O) groups excluding carboxylic acids is 3. The van der Waals surface area contributed by atoms with Crippen molar-refractivity contribution < 1.29 is 28.6 Å². The first-order valence-corrected chi connectivity index (χ1v) is 11.9. The van der Waals surface area contributed by atoms with Crippen molar-refractivity contribution in [2.24, 2.45) is 11.8 Å². The van der Waals surface area contributed by atoms with Gasteiger partial charge in [0.15, 0.2) is 5.78 Å². The lowest BCUT2D eigenvalue weighted by Crippen LogP contribution is -2.43. The van der Waals surface area contributed by atoms with E-state index in [1.54, 1.807) is 0 Å². The summed E-state index contributed by atoms with van der Waals surface area (Å²) in [6.45, 7) is 11.3. The Labute approximate surface area is 201 Å². The molecule has 1 heterocycles. The first-order valence-electron chi connectivity index (χ1n) is 11.9. The summed E-state index contributed by atoms with van der Waals surface area (Å²) in [5.74, 6) is -2.71. The molecule has 1 aliphatic heterocycles. The molecule has 0 bridgehead atoms. The van der Waals surface area contributed by atoms with Gasteiger partial charge in [-0.25, -0.2) is 4.79 Å². The number of hydrogen-bond donors (Lipinski definition) is 1. The molecule has 3 rings (SSSR count). The second-order valence-corrected chi connectivity index (χ2v) is 9.36. The number of benzene rings is 1. The van der Waals surface area contributed by atoms with Crippen LogP contribution in [-0.4, -0.2) is 37.0 Å². The number of ether oxygens (including phenoxy) is 3. The van der Waals surface area contributed by atoms with Crippen molar-refractivity contribution in [1.29, 1.82) is 0 Å². The minimum atomic E-state index is -0.934. The molecule has 2 aliphatic rings. The third-order valence-electron chi connectivity index (χ3n) is 6.44. The highest BCUT2D eigenvalue weighted by Gasteiger charge is 2.48. The summed E-state index contributed by atoms with van der Waals surface area (Å²) < 4.78 is 16.7. The van der Waals surface area contributed by atoms with Gasteiger partial charge >= 0.3 is 11.9 Å². The molecule has 4 atom stereocenters. The van der Waals surface area contributed by atoms with E-state index < -0.39 is 23.8 Å². The number of dihydropyridines is 1. The molecule has 1 aromatic rings. The van der Waals surface area contributed by atoms with Gasteiger partial charge in [-0.3, -0.25) is 9.59 Å². The molecular weight excluding hydrogens is 434 g/mol. The van der Waals surface area contributed by atoms with Gasteiger partial charge in [0.1, 0.15) is 11.7 Å². The smallest absolute Gasteiger partial charge is 0.337 e. The van der Waals surface area contributed by atoms with Gasteiger partial charge in [-0.15, -0.1) is 0 Å². The van der Waals surface area contributed by atoms with Crippen LogP contribution in [-0.2, 0) is 23.9 Å². The van der Waals surface area contributed by atoms with E-state index in [1.165, 1.54) is 7.11 Å². The Bertz CT molecular complexity index is 1040.